The maximum atomic E-state index is 12.0. The summed E-state index contributed by atoms with van der Waals surface area (Å²) in [5.74, 6) is -0.808. The molecule has 21 heavy (non-hydrogen) atoms. The van der Waals surface area contributed by atoms with E-state index in [1.165, 1.54) is 0 Å². The molecular formula is C18H21NO2. The second-order valence-corrected chi connectivity index (χ2v) is 5.24. The third-order valence-electron chi connectivity index (χ3n) is 3.62. The molecule has 0 aliphatic carbocycles. The highest BCUT2D eigenvalue weighted by Crippen LogP contribution is 2.20. The van der Waals surface area contributed by atoms with Crippen molar-refractivity contribution in [3.8, 4) is 0 Å². The molecule has 3 nitrogen and oxygen atoms in total. The standard InChI is InChI=1S/C18H21NO2/c1-2-19-18(17(20)21,13-15-9-5-3-6-10-15)14-16-11-7-4-8-12-16/h3-12,19H,2,13-14H2,1H3,(H,20,21). The quantitative estimate of drug-likeness (QED) is 0.821. The molecule has 0 fully saturated rings. The van der Waals surface area contributed by atoms with Crippen LogP contribution in [0.1, 0.15) is 18.1 Å². The molecule has 2 rings (SSSR count). The zero-order chi connectivity index (χ0) is 15.1. The minimum Gasteiger partial charge on any atom is -0.480 e. The van der Waals surface area contributed by atoms with E-state index in [9.17, 15) is 9.90 Å². The van der Waals surface area contributed by atoms with Gasteiger partial charge in [0.25, 0.3) is 0 Å². The van der Waals surface area contributed by atoms with Gasteiger partial charge in [0.05, 0.1) is 0 Å². The number of benzene rings is 2. The van der Waals surface area contributed by atoms with Gasteiger partial charge < -0.3 is 10.4 Å². The van der Waals surface area contributed by atoms with E-state index >= 15 is 0 Å². The van der Waals surface area contributed by atoms with Crippen molar-refractivity contribution in [1.82, 2.24) is 5.32 Å². The van der Waals surface area contributed by atoms with E-state index < -0.39 is 11.5 Å². The van der Waals surface area contributed by atoms with Gasteiger partial charge in [0.1, 0.15) is 5.54 Å². The number of rotatable bonds is 7. The van der Waals surface area contributed by atoms with Crippen LogP contribution in [0, 0.1) is 0 Å². The van der Waals surface area contributed by atoms with Gasteiger partial charge in [-0.25, -0.2) is 0 Å². The molecule has 0 bridgehead atoms. The summed E-state index contributed by atoms with van der Waals surface area (Å²) in [5, 5.41) is 13.0. The molecular weight excluding hydrogens is 262 g/mol. The lowest BCUT2D eigenvalue weighted by Gasteiger charge is -2.31. The van der Waals surface area contributed by atoms with Gasteiger partial charge in [-0.15, -0.1) is 0 Å². The fourth-order valence-corrected chi connectivity index (χ4v) is 2.64. The van der Waals surface area contributed by atoms with Crippen LogP contribution >= 0.6 is 0 Å². The first-order valence-electron chi connectivity index (χ1n) is 7.22. The van der Waals surface area contributed by atoms with Crippen molar-refractivity contribution >= 4 is 5.97 Å². The first kappa shape index (κ1) is 15.3. The van der Waals surface area contributed by atoms with E-state index in [1.54, 1.807) is 0 Å². The molecule has 0 aliphatic rings. The minimum absolute atomic E-state index is 0.464. The highest BCUT2D eigenvalue weighted by molar-refractivity contribution is 5.80. The van der Waals surface area contributed by atoms with E-state index in [4.69, 9.17) is 0 Å². The molecule has 0 radical (unpaired) electrons. The molecule has 0 aromatic heterocycles. The molecule has 2 N–H and O–H groups in total. The molecule has 2 aromatic carbocycles. The SMILES string of the molecule is CCNC(Cc1ccccc1)(Cc1ccccc1)C(=O)O. The van der Waals surface area contributed by atoms with Crippen molar-refractivity contribution in [2.45, 2.75) is 25.3 Å². The molecule has 2 aromatic rings. The van der Waals surface area contributed by atoms with Crippen LogP contribution in [0.4, 0.5) is 0 Å². The Bertz CT molecular complexity index is 525. The lowest BCUT2D eigenvalue weighted by Crippen LogP contribution is -2.55. The van der Waals surface area contributed by atoms with E-state index in [-0.39, 0.29) is 0 Å². The van der Waals surface area contributed by atoms with Crippen molar-refractivity contribution < 1.29 is 9.90 Å². The molecule has 0 aliphatic heterocycles. The Kier molecular flexibility index (Phi) is 5.12. The number of carboxylic acids is 1. The topological polar surface area (TPSA) is 49.3 Å². The maximum Gasteiger partial charge on any atom is 0.324 e. The van der Waals surface area contributed by atoms with Gasteiger partial charge >= 0.3 is 5.97 Å². The van der Waals surface area contributed by atoms with Gasteiger partial charge in [0, 0.05) is 12.8 Å². The zero-order valence-corrected chi connectivity index (χ0v) is 12.3. The van der Waals surface area contributed by atoms with E-state index in [0.717, 1.165) is 11.1 Å². The summed E-state index contributed by atoms with van der Waals surface area (Å²) < 4.78 is 0. The number of hydrogen-bond acceptors (Lipinski definition) is 2. The third-order valence-corrected chi connectivity index (χ3v) is 3.62. The summed E-state index contributed by atoms with van der Waals surface area (Å²) in [6.45, 7) is 2.56. The summed E-state index contributed by atoms with van der Waals surface area (Å²) >= 11 is 0. The highest BCUT2D eigenvalue weighted by Gasteiger charge is 2.37. The third kappa shape index (κ3) is 3.92. The molecule has 3 heteroatoms. The van der Waals surface area contributed by atoms with Crippen LogP contribution < -0.4 is 5.32 Å². The van der Waals surface area contributed by atoms with Crippen molar-refractivity contribution in [2.75, 3.05) is 6.54 Å². The Morgan fingerprint density at radius 1 is 0.952 bits per heavy atom. The monoisotopic (exact) mass is 283 g/mol. The average molecular weight is 283 g/mol. The molecule has 0 spiro atoms. The average Bonchev–Trinajstić information content (AvgIpc) is 2.49. The van der Waals surface area contributed by atoms with Crippen molar-refractivity contribution in [3.63, 3.8) is 0 Å². The van der Waals surface area contributed by atoms with E-state index in [1.807, 2.05) is 67.6 Å². The molecule has 0 amide bonds. The summed E-state index contributed by atoms with van der Waals surface area (Å²) in [6.07, 6.45) is 0.928. The van der Waals surface area contributed by atoms with Crippen LogP contribution in [0.2, 0.25) is 0 Å². The first-order chi connectivity index (χ1) is 10.2. The van der Waals surface area contributed by atoms with E-state index in [0.29, 0.717) is 19.4 Å². The fourth-order valence-electron chi connectivity index (χ4n) is 2.64. The Morgan fingerprint density at radius 3 is 1.71 bits per heavy atom. The molecule has 110 valence electrons. The van der Waals surface area contributed by atoms with Gasteiger partial charge in [0.2, 0.25) is 0 Å². The Balaban J connectivity index is 2.31. The van der Waals surface area contributed by atoms with Gasteiger partial charge in [-0.2, -0.15) is 0 Å². The molecule has 0 saturated carbocycles. The Morgan fingerprint density at radius 2 is 1.38 bits per heavy atom. The number of likely N-dealkylation sites (N-methyl/N-ethyl adjacent to an activating group) is 1. The second-order valence-electron chi connectivity index (χ2n) is 5.24. The normalized spacial score (nSPS) is 11.3. The fraction of sp³-hybridized carbons (Fsp3) is 0.278. The summed E-state index contributed by atoms with van der Waals surface area (Å²) in [5.41, 5.74) is 1.07. The van der Waals surface area contributed by atoms with Gasteiger partial charge in [-0.05, 0) is 17.7 Å². The molecule has 0 saturated heterocycles. The Hall–Kier alpha value is -2.13. The smallest absolute Gasteiger partial charge is 0.324 e. The van der Waals surface area contributed by atoms with Crippen molar-refractivity contribution in [2.24, 2.45) is 0 Å². The van der Waals surface area contributed by atoms with Crippen molar-refractivity contribution in [3.05, 3.63) is 71.8 Å². The van der Waals surface area contributed by atoms with E-state index in [2.05, 4.69) is 5.32 Å². The number of nitrogens with one attached hydrogen (secondary N) is 1. The Labute approximate surface area is 125 Å². The predicted octanol–water partition coefficient (Wildman–Crippen LogP) is 2.90. The maximum absolute atomic E-state index is 12.0. The van der Waals surface area contributed by atoms with Crippen LogP contribution in [0.15, 0.2) is 60.7 Å². The summed E-state index contributed by atoms with van der Waals surface area (Å²) in [7, 11) is 0. The molecule has 0 unspecified atom stereocenters. The molecule has 0 atom stereocenters. The number of hydrogen-bond donors (Lipinski definition) is 2. The number of aliphatic carboxylic acids is 1. The number of carbonyl (C=O) groups is 1. The van der Waals surface area contributed by atoms with Gasteiger partial charge in [-0.1, -0.05) is 67.6 Å². The lowest BCUT2D eigenvalue weighted by atomic mass is 9.84. The highest BCUT2D eigenvalue weighted by atomic mass is 16.4. The van der Waals surface area contributed by atoms with Crippen LogP contribution in [0.25, 0.3) is 0 Å². The molecule has 0 heterocycles. The van der Waals surface area contributed by atoms with Crippen LogP contribution in [-0.2, 0) is 17.6 Å². The largest absolute Gasteiger partial charge is 0.480 e. The predicted molar refractivity (Wildman–Crippen MR) is 84.3 cm³/mol. The van der Waals surface area contributed by atoms with Crippen LogP contribution in [0.5, 0.6) is 0 Å². The summed E-state index contributed by atoms with van der Waals surface area (Å²) in [6, 6.07) is 19.5. The summed E-state index contributed by atoms with van der Waals surface area (Å²) in [4.78, 5) is 12.0. The van der Waals surface area contributed by atoms with Gasteiger partial charge in [0.15, 0.2) is 0 Å². The second kappa shape index (κ2) is 7.04. The number of carboxylic acid groups (broad SMARTS) is 1. The van der Waals surface area contributed by atoms with Crippen LogP contribution in [0.3, 0.4) is 0 Å². The first-order valence-corrected chi connectivity index (χ1v) is 7.22. The van der Waals surface area contributed by atoms with Crippen LogP contribution in [-0.4, -0.2) is 23.2 Å². The zero-order valence-electron chi connectivity index (χ0n) is 12.3. The van der Waals surface area contributed by atoms with Gasteiger partial charge in [-0.3, -0.25) is 4.79 Å². The van der Waals surface area contributed by atoms with Crippen molar-refractivity contribution in [1.29, 1.82) is 0 Å². The lowest BCUT2D eigenvalue weighted by molar-refractivity contribution is -0.144. The minimum atomic E-state index is -0.975.